The van der Waals surface area contributed by atoms with E-state index >= 15 is 0 Å². The zero-order valence-electron chi connectivity index (χ0n) is 12.5. The van der Waals surface area contributed by atoms with Gasteiger partial charge in [0.2, 0.25) is 0 Å². The molecule has 1 aliphatic heterocycles. The van der Waals surface area contributed by atoms with Crippen LogP contribution in [-0.2, 0) is 6.42 Å². The molecule has 3 rings (SSSR count). The molecule has 2 heterocycles. The SMILES string of the molecule is Cc1[nH]ccc1C1CCNC(CCc2ccc(F)cc2)C1. The molecular weight excluding hydrogens is 263 g/mol. The number of hydrogen-bond donors (Lipinski definition) is 2. The van der Waals surface area contributed by atoms with Gasteiger partial charge in [-0.25, -0.2) is 4.39 Å². The number of aromatic nitrogens is 1. The number of aromatic amines is 1. The topological polar surface area (TPSA) is 27.8 Å². The van der Waals surface area contributed by atoms with Crippen molar-refractivity contribution in [2.24, 2.45) is 0 Å². The van der Waals surface area contributed by atoms with Crippen molar-refractivity contribution in [2.75, 3.05) is 6.54 Å². The lowest BCUT2D eigenvalue weighted by Gasteiger charge is -2.30. The van der Waals surface area contributed by atoms with Crippen molar-refractivity contribution < 1.29 is 4.39 Å². The summed E-state index contributed by atoms with van der Waals surface area (Å²) in [5.74, 6) is 0.508. The summed E-state index contributed by atoms with van der Waals surface area (Å²) in [6.07, 6.45) is 6.58. The van der Waals surface area contributed by atoms with Gasteiger partial charge in [0.05, 0.1) is 0 Å². The first-order valence-electron chi connectivity index (χ1n) is 7.84. The van der Waals surface area contributed by atoms with Crippen LogP contribution < -0.4 is 5.32 Å². The molecule has 21 heavy (non-hydrogen) atoms. The number of halogens is 1. The van der Waals surface area contributed by atoms with E-state index < -0.39 is 0 Å². The van der Waals surface area contributed by atoms with Crippen LogP contribution in [-0.4, -0.2) is 17.6 Å². The van der Waals surface area contributed by atoms with E-state index in [4.69, 9.17) is 0 Å². The summed E-state index contributed by atoms with van der Waals surface area (Å²) in [4.78, 5) is 3.29. The van der Waals surface area contributed by atoms with Crippen LogP contribution in [0, 0.1) is 12.7 Å². The summed E-state index contributed by atoms with van der Waals surface area (Å²) >= 11 is 0. The summed E-state index contributed by atoms with van der Waals surface area (Å²) in [5, 5.41) is 3.63. The standard InChI is InChI=1S/C18H23FN2/c1-13-18(9-11-20-13)15-8-10-21-17(12-15)7-4-14-2-5-16(19)6-3-14/h2-3,5-6,9,11,15,17,20-21H,4,7-8,10,12H2,1H3. The van der Waals surface area contributed by atoms with Gasteiger partial charge in [0, 0.05) is 17.9 Å². The first-order valence-corrected chi connectivity index (χ1v) is 7.84. The van der Waals surface area contributed by atoms with Crippen molar-refractivity contribution >= 4 is 0 Å². The van der Waals surface area contributed by atoms with Crippen molar-refractivity contribution in [3.05, 3.63) is 59.2 Å². The van der Waals surface area contributed by atoms with E-state index in [2.05, 4.69) is 23.3 Å². The predicted molar refractivity (Wildman–Crippen MR) is 84.0 cm³/mol. The van der Waals surface area contributed by atoms with Crippen LogP contribution in [0.2, 0.25) is 0 Å². The number of hydrogen-bond acceptors (Lipinski definition) is 1. The van der Waals surface area contributed by atoms with E-state index in [1.54, 1.807) is 12.1 Å². The third kappa shape index (κ3) is 3.53. The first kappa shape index (κ1) is 14.3. The van der Waals surface area contributed by atoms with E-state index in [0.717, 1.165) is 19.4 Å². The van der Waals surface area contributed by atoms with E-state index in [1.165, 1.54) is 29.7 Å². The third-order valence-corrected chi connectivity index (χ3v) is 4.63. The van der Waals surface area contributed by atoms with Crippen molar-refractivity contribution in [2.45, 2.75) is 44.6 Å². The summed E-state index contributed by atoms with van der Waals surface area (Å²) in [7, 11) is 0. The molecule has 1 saturated heterocycles. The molecule has 0 radical (unpaired) electrons. The van der Waals surface area contributed by atoms with E-state index in [0.29, 0.717) is 12.0 Å². The quantitative estimate of drug-likeness (QED) is 0.875. The third-order valence-electron chi connectivity index (χ3n) is 4.63. The average molecular weight is 286 g/mol. The highest BCUT2D eigenvalue weighted by atomic mass is 19.1. The Labute approximate surface area is 125 Å². The van der Waals surface area contributed by atoms with E-state index in [9.17, 15) is 4.39 Å². The zero-order valence-corrected chi connectivity index (χ0v) is 12.5. The lowest BCUT2D eigenvalue weighted by atomic mass is 9.84. The monoisotopic (exact) mass is 286 g/mol. The Balaban J connectivity index is 1.56. The van der Waals surface area contributed by atoms with Crippen LogP contribution in [0.5, 0.6) is 0 Å². The highest BCUT2D eigenvalue weighted by Crippen LogP contribution is 2.30. The molecule has 2 N–H and O–H groups in total. The molecule has 112 valence electrons. The average Bonchev–Trinajstić information content (AvgIpc) is 2.93. The van der Waals surface area contributed by atoms with Gasteiger partial charge in [-0.05, 0) is 74.4 Å². The second kappa shape index (κ2) is 6.44. The van der Waals surface area contributed by atoms with Crippen LogP contribution in [0.15, 0.2) is 36.5 Å². The number of H-pyrrole nitrogens is 1. The molecule has 3 heteroatoms. The lowest BCUT2D eigenvalue weighted by Crippen LogP contribution is -2.37. The fraction of sp³-hybridized carbons (Fsp3) is 0.444. The Morgan fingerprint density at radius 2 is 2.00 bits per heavy atom. The smallest absolute Gasteiger partial charge is 0.123 e. The number of rotatable bonds is 4. The minimum absolute atomic E-state index is 0.155. The van der Waals surface area contributed by atoms with Gasteiger partial charge in [0.15, 0.2) is 0 Å². The number of nitrogens with one attached hydrogen (secondary N) is 2. The van der Waals surface area contributed by atoms with Crippen LogP contribution in [0.1, 0.15) is 42.0 Å². The van der Waals surface area contributed by atoms with Gasteiger partial charge in [-0.15, -0.1) is 0 Å². The Kier molecular flexibility index (Phi) is 4.39. The molecule has 0 saturated carbocycles. The summed E-state index contributed by atoms with van der Waals surface area (Å²) in [6, 6.07) is 9.67. The zero-order chi connectivity index (χ0) is 14.7. The van der Waals surface area contributed by atoms with Crippen molar-refractivity contribution in [1.82, 2.24) is 10.3 Å². The maximum atomic E-state index is 12.9. The number of aryl methyl sites for hydroxylation is 2. The van der Waals surface area contributed by atoms with Gasteiger partial charge in [0.25, 0.3) is 0 Å². The maximum absolute atomic E-state index is 12.9. The molecular formula is C18H23FN2. The molecule has 0 aliphatic carbocycles. The molecule has 1 aliphatic rings. The molecule has 0 amide bonds. The minimum atomic E-state index is -0.155. The van der Waals surface area contributed by atoms with Gasteiger partial charge < -0.3 is 10.3 Å². The minimum Gasteiger partial charge on any atom is -0.365 e. The highest BCUT2D eigenvalue weighted by Gasteiger charge is 2.23. The second-order valence-corrected chi connectivity index (χ2v) is 6.10. The molecule has 1 aromatic heterocycles. The largest absolute Gasteiger partial charge is 0.365 e. The second-order valence-electron chi connectivity index (χ2n) is 6.10. The van der Waals surface area contributed by atoms with Crippen LogP contribution >= 0.6 is 0 Å². The van der Waals surface area contributed by atoms with Gasteiger partial charge >= 0.3 is 0 Å². The highest BCUT2D eigenvalue weighted by molar-refractivity contribution is 5.24. The van der Waals surface area contributed by atoms with E-state index in [-0.39, 0.29) is 5.82 Å². The van der Waals surface area contributed by atoms with Crippen molar-refractivity contribution in [1.29, 1.82) is 0 Å². The fourth-order valence-electron chi connectivity index (χ4n) is 3.41. The molecule has 0 bridgehead atoms. The molecule has 1 aromatic carbocycles. The predicted octanol–water partition coefficient (Wildman–Crippen LogP) is 3.93. The van der Waals surface area contributed by atoms with Crippen molar-refractivity contribution in [3.8, 4) is 0 Å². The van der Waals surface area contributed by atoms with Gasteiger partial charge in [-0.2, -0.15) is 0 Å². The van der Waals surface area contributed by atoms with Gasteiger partial charge in [-0.1, -0.05) is 12.1 Å². The van der Waals surface area contributed by atoms with Crippen LogP contribution in [0.3, 0.4) is 0 Å². The summed E-state index contributed by atoms with van der Waals surface area (Å²) in [5.41, 5.74) is 4.00. The number of piperidine rings is 1. The maximum Gasteiger partial charge on any atom is 0.123 e. The first-order chi connectivity index (χ1) is 10.2. The molecule has 0 spiro atoms. The number of benzene rings is 1. The Bertz CT molecular complexity index is 573. The van der Waals surface area contributed by atoms with Gasteiger partial charge in [0.1, 0.15) is 5.82 Å². The lowest BCUT2D eigenvalue weighted by molar-refractivity contribution is 0.346. The Hall–Kier alpha value is -1.61. The van der Waals surface area contributed by atoms with Crippen molar-refractivity contribution in [3.63, 3.8) is 0 Å². The molecule has 1 fully saturated rings. The molecule has 2 unspecified atom stereocenters. The Morgan fingerprint density at radius 1 is 1.19 bits per heavy atom. The van der Waals surface area contributed by atoms with Gasteiger partial charge in [-0.3, -0.25) is 0 Å². The van der Waals surface area contributed by atoms with E-state index in [1.807, 2.05) is 18.3 Å². The van der Waals surface area contributed by atoms with Crippen LogP contribution in [0.4, 0.5) is 4.39 Å². The normalized spacial score (nSPS) is 22.4. The fourth-order valence-corrected chi connectivity index (χ4v) is 3.41. The summed E-state index contributed by atoms with van der Waals surface area (Å²) < 4.78 is 12.9. The molecule has 2 nitrogen and oxygen atoms in total. The Morgan fingerprint density at radius 3 is 2.71 bits per heavy atom. The molecule has 2 aromatic rings. The summed E-state index contributed by atoms with van der Waals surface area (Å²) in [6.45, 7) is 3.24. The van der Waals surface area contributed by atoms with Crippen LogP contribution in [0.25, 0.3) is 0 Å². The molecule has 2 atom stereocenters.